The van der Waals surface area contributed by atoms with E-state index in [4.69, 9.17) is 0 Å². The van der Waals surface area contributed by atoms with Crippen LogP contribution in [-0.4, -0.2) is 13.7 Å². The maximum Gasteiger partial charge on any atom is 0.0578 e. The zero-order chi connectivity index (χ0) is 32.9. The van der Waals surface area contributed by atoms with Crippen LogP contribution in [0.3, 0.4) is 0 Å². The van der Waals surface area contributed by atoms with Crippen molar-refractivity contribution in [3.8, 4) is 17.1 Å². The van der Waals surface area contributed by atoms with E-state index in [1.807, 2.05) is 0 Å². The summed E-state index contributed by atoms with van der Waals surface area (Å²) in [4.78, 5) is 0. The van der Waals surface area contributed by atoms with Crippen LogP contribution in [-0.2, 0) is 18.3 Å². The summed E-state index contributed by atoms with van der Waals surface area (Å²) in [6, 6.07) is 41.0. The topological polar surface area (TPSA) is 14.8 Å². The minimum Gasteiger partial charge on any atom is -0.309 e. The van der Waals surface area contributed by atoms with E-state index in [2.05, 4.69) is 168 Å². The number of hydrogen-bond donors (Lipinski definition) is 0. The van der Waals surface area contributed by atoms with Gasteiger partial charge in [-0.3, -0.25) is 0 Å². The molecule has 8 aromatic rings. The molecule has 3 nitrogen and oxygen atoms in total. The predicted octanol–water partition coefficient (Wildman–Crippen LogP) is 11.9. The van der Waals surface area contributed by atoms with Crippen LogP contribution in [0, 0.1) is 0 Å². The maximum atomic E-state index is 2.54. The first kappa shape index (κ1) is 28.5. The van der Waals surface area contributed by atoms with Crippen molar-refractivity contribution in [2.75, 3.05) is 0 Å². The molecule has 0 spiro atoms. The maximum absolute atomic E-state index is 2.54. The quantitative estimate of drug-likeness (QED) is 0.184. The van der Waals surface area contributed by atoms with E-state index in [0.29, 0.717) is 0 Å². The summed E-state index contributed by atoms with van der Waals surface area (Å²) < 4.78 is 7.57. The highest BCUT2D eigenvalue weighted by Crippen LogP contribution is 2.42. The molecular weight excluding hydrogens is 595 g/mol. The van der Waals surface area contributed by atoms with Gasteiger partial charge in [0.15, 0.2) is 0 Å². The highest BCUT2D eigenvalue weighted by molar-refractivity contribution is 6.10. The third-order valence-corrected chi connectivity index (χ3v) is 10.9. The Kier molecular flexibility index (Phi) is 6.09. The molecule has 3 heterocycles. The van der Waals surface area contributed by atoms with E-state index < -0.39 is 0 Å². The van der Waals surface area contributed by atoms with Crippen molar-refractivity contribution < 1.29 is 0 Å². The Morgan fingerprint density at radius 1 is 0.469 bits per heavy atom. The van der Waals surface area contributed by atoms with Gasteiger partial charge in [0, 0.05) is 32.9 Å². The molecular formula is C46H39N3. The van der Waals surface area contributed by atoms with E-state index >= 15 is 0 Å². The van der Waals surface area contributed by atoms with Gasteiger partial charge in [0.05, 0.1) is 39.1 Å². The Hall–Kier alpha value is -5.54. The first-order chi connectivity index (χ1) is 24.0. The fourth-order valence-electron chi connectivity index (χ4n) is 8.79. The minimum atomic E-state index is -0.0347. The number of rotatable bonds is 3. The van der Waals surface area contributed by atoms with Crippen LogP contribution in [0.5, 0.6) is 0 Å². The Morgan fingerprint density at radius 3 is 1.45 bits per heavy atom. The Balaban J connectivity index is 1.37. The largest absolute Gasteiger partial charge is 0.309 e. The lowest BCUT2D eigenvalue weighted by atomic mass is 9.85. The number of aryl methyl sites for hydroxylation is 2. The molecule has 0 atom stereocenters. The number of fused-ring (bicyclic) bond motifs is 9. The van der Waals surface area contributed by atoms with Crippen molar-refractivity contribution in [2.45, 2.75) is 51.9 Å². The van der Waals surface area contributed by atoms with Gasteiger partial charge in [-0.15, -0.1) is 0 Å². The molecule has 238 valence electrons. The Labute approximate surface area is 287 Å². The van der Waals surface area contributed by atoms with Crippen molar-refractivity contribution in [1.29, 1.82) is 0 Å². The molecule has 49 heavy (non-hydrogen) atoms. The number of benzene rings is 5. The van der Waals surface area contributed by atoms with Crippen molar-refractivity contribution >= 4 is 55.8 Å². The molecule has 0 N–H and O–H groups in total. The number of nitrogens with zero attached hydrogens (tertiary/aromatic N) is 3. The van der Waals surface area contributed by atoms with Gasteiger partial charge in [-0.05, 0) is 96.3 Å². The zero-order valence-corrected chi connectivity index (χ0v) is 28.4. The third kappa shape index (κ3) is 4.15. The van der Waals surface area contributed by atoms with Gasteiger partial charge in [-0.25, -0.2) is 0 Å². The first-order valence-corrected chi connectivity index (χ1v) is 17.7. The highest BCUT2D eigenvalue weighted by Gasteiger charge is 2.25. The van der Waals surface area contributed by atoms with Gasteiger partial charge in [0.1, 0.15) is 0 Å². The number of allylic oxidation sites excluding steroid dienone is 2. The summed E-state index contributed by atoms with van der Waals surface area (Å²) in [5.41, 5.74) is 15.4. The number of para-hydroxylation sites is 4. The molecule has 2 aliphatic carbocycles. The second-order valence-corrected chi connectivity index (χ2v) is 14.8. The summed E-state index contributed by atoms with van der Waals surface area (Å²) in [7, 11) is 0. The Morgan fingerprint density at radius 2 is 0.918 bits per heavy atom. The first-order valence-electron chi connectivity index (χ1n) is 17.7. The average molecular weight is 634 g/mol. The van der Waals surface area contributed by atoms with Crippen molar-refractivity contribution in [2.24, 2.45) is 0 Å². The molecule has 10 rings (SSSR count). The average Bonchev–Trinajstić information content (AvgIpc) is 3.77. The lowest BCUT2D eigenvalue weighted by Crippen LogP contribution is -2.13. The van der Waals surface area contributed by atoms with Crippen molar-refractivity contribution in [3.63, 3.8) is 0 Å². The highest BCUT2D eigenvalue weighted by atomic mass is 15.1. The smallest absolute Gasteiger partial charge is 0.0578 e. The minimum absolute atomic E-state index is 0.0347. The molecule has 3 heteroatoms. The zero-order valence-electron chi connectivity index (χ0n) is 28.4. The van der Waals surface area contributed by atoms with Crippen LogP contribution in [0.1, 0.15) is 61.7 Å². The summed E-state index contributed by atoms with van der Waals surface area (Å²) >= 11 is 0. The summed E-state index contributed by atoms with van der Waals surface area (Å²) in [5.74, 6) is 0. The lowest BCUT2D eigenvalue weighted by Gasteiger charge is -2.23. The van der Waals surface area contributed by atoms with E-state index in [9.17, 15) is 0 Å². The summed E-state index contributed by atoms with van der Waals surface area (Å²) in [5, 5.41) is 5.29. The van der Waals surface area contributed by atoms with Crippen LogP contribution in [0.2, 0.25) is 0 Å². The number of aromatic nitrogens is 3. The fraction of sp³-hybridized carbons (Fsp3) is 0.174. The van der Waals surface area contributed by atoms with E-state index in [-0.39, 0.29) is 5.41 Å². The fourth-order valence-corrected chi connectivity index (χ4v) is 8.79. The monoisotopic (exact) mass is 633 g/mol. The van der Waals surface area contributed by atoms with Gasteiger partial charge in [-0.2, -0.15) is 0 Å². The second-order valence-electron chi connectivity index (χ2n) is 14.8. The molecule has 0 aliphatic heterocycles. The summed E-state index contributed by atoms with van der Waals surface area (Å²) in [6.07, 6.45) is 13.7. The van der Waals surface area contributed by atoms with Crippen LogP contribution < -0.4 is 0 Å². The lowest BCUT2D eigenvalue weighted by molar-refractivity contribution is 0.594. The van der Waals surface area contributed by atoms with Crippen LogP contribution >= 0.6 is 0 Å². The molecule has 0 fully saturated rings. The van der Waals surface area contributed by atoms with Gasteiger partial charge in [0.25, 0.3) is 0 Å². The molecule has 0 amide bonds. The SMILES string of the molecule is CC(C)(C)c1cccc2c3ccccc3n(-c3cc(-n4c5c(c6ccccc64)CCC=C5)cc(-n4c5c(c6ccccc64)CCC=C5)c3)c12. The van der Waals surface area contributed by atoms with Crippen LogP contribution in [0.15, 0.2) is 121 Å². The molecule has 2 aliphatic rings. The standard InChI is InChI=1S/C46H39N3/c1-46(2,3)39-21-14-20-38-37-19-8-13-26-44(37)49(45(38)39)32-28-30(47-40-22-9-4-15-33(40)34-16-5-10-23-41(34)47)27-31(29-32)48-42-24-11-6-17-35(42)36-18-7-12-25-43(36)48/h4,6,8-15,17,19-29H,5,7,16,18H2,1-3H3. The molecule has 0 unspecified atom stereocenters. The molecule has 0 radical (unpaired) electrons. The number of hydrogen-bond acceptors (Lipinski definition) is 0. The van der Waals surface area contributed by atoms with Gasteiger partial charge in [0.2, 0.25) is 0 Å². The molecule has 0 saturated heterocycles. The van der Waals surface area contributed by atoms with Crippen LogP contribution in [0.25, 0.3) is 72.8 Å². The van der Waals surface area contributed by atoms with E-state index in [1.165, 1.54) is 88.8 Å². The van der Waals surface area contributed by atoms with E-state index in [1.54, 1.807) is 0 Å². The normalized spacial score (nSPS) is 14.3. The third-order valence-electron chi connectivity index (χ3n) is 10.9. The van der Waals surface area contributed by atoms with Gasteiger partial charge < -0.3 is 13.7 Å². The van der Waals surface area contributed by atoms with E-state index in [0.717, 1.165) is 25.7 Å². The van der Waals surface area contributed by atoms with Gasteiger partial charge >= 0.3 is 0 Å². The van der Waals surface area contributed by atoms with Crippen molar-refractivity contribution in [3.05, 3.63) is 149 Å². The van der Waals surface area contributed by atoms with Crippen LogP contribution in [0.4, 0.5) is 0 Å². The summed E-state index contributed by atoms with van der Waals surface area (Å²) in [6.45, 7) is 7.00. The molecule has 5 aromatic carbocycles. The van der Waals surface area contributed by atoms with Crippen molar-refractivity contribution in [1.82, 2.24) is 13.7 Å². The molecule has 3 aromatic heterocycles. The Bertz CT molecular complexity index is 2580. The molecule has 0 bridgehead atoms. The molecule has 0 saturated carbocycles. The van der Waals surface area contributed by atoms with Gasteiger partial charge in [-0.1, -0.05) is 106 Å². The second kappa shape index (κ2) is 10.5. The predicted molar refractivity (Wildman–Crippen MR) is 208 cm³/mol.